The minimum Gasteiger partial charge on any atom is -0.393 e. The fourth-order valence-corrected chi connectivity index (χ4v) is 5.02. The van der Waals surface area contributed by atoms with Crippen molar-refractivity contribution >= 4 is 0 Å². The van der Waals surface area contributed by atoms with E-state index in [-0.39, 0.29) is 12.2 Å². The van der Waals surface area contributed by atoms with Crippen LogP contribution in [0.4, 0.5) is 0 Å². The van der Waals surface area contributed by atoms with Crippen molar-refractivity contribution in [1.29, 1.82) is 0 Å². The SMILES string of the molecule is OC1CC23CCCCCC2(C1)CC(O)C3. The Morgan fingerprint density at radius 1 is 0.667 bits per heavy atom. The zero-order chi connectivity index (χ0) is 10.5. The van der Waals surface area contributed by atoms with Crippen LogP contribution in [-0.4, -0.2) is 22.4 Å². The molecule has 3 aliphatic rings. The van der Waals surface area contributed by atoms with Crippen LogP contribution in [0.1, 0.15) is 57.8 Å². The third kappa shape index (κ3) is 1.31. The molecule has 15 heavy (non-hydrogen) atoms. The van der Waals surface area contributed by atoms with Gasteiger partial charge < -0.3 is 10.2 Å². The van der Waals surface area contributed by atoms with Crippen LogP contribution in [0.15, 0.2) is 0 Å². The first-order valence-electron chi connectivity index (χ1n) is 6.52. The Morgan fingerprint density at radius 2 is 1.07 bits per heavy atom. The Morgan fingerprint density at radius 3 is 1.47 bits per heavy atom. The lowest BCUT2D eigenvalue weighted by molar-refractivity contribution is 0.0998. The van der Waals surface area contributed by atoms with Crippen molar-refractivity contribution in [3.63, 3.8) is 0 Å². The van der Waals surface area contributed by atoms with Gasteiger partial charge in [-0.2, -0.15) is 0 Å². The highest BCUT2D eigenvalue weighted by Gasteiger charge is 2.62. The fraction of sp³-hybridized carbons (Fsp3) is 1.00. The summed E-state index contributed by atoms with van der Waals surface area (Å²) in [6.07, 6.45) is 10.1. The van der Waals surface area contributed by atoms with Gasteiger partial charge >= 0.3 is 0 Å². The van der Waals surface area contributed by atoms with Crippen LogP contribution in [0.25, 0.3) is 0 Å². The number of aliphatic hydroxyl groups excluding tert-OH is 2. The Labute approximate surface area is 91.7 Å². The fourth-order valence-electron chi connectivity index (χ4n) is 5.02. The van der Waals surface area contributed by atoms with Gasteiger partial charge in [-0.1, -0.05) is 19.3 Å². The molecule has 3 aliphatic carbocycles. The predicted octanol–water partition coefficient (Wildman–Crippen LogP) is 2.23. The van der Waals surface area contributed by atoms with Crippen LogP contribution in [0.5, 0.6) is 0 Å². The molecule has 2 N–H and O–H groups in total. The van der Waals surface area contributed by atoms with Crippen LogP contribution in [0, 0.1) is 10.8 Å². The van der Waals surface area contributed by atoms with E-state index in [1.807, 2.05) is 0 Å². The van der Waals surface area contributed by atoms with E-state index >= 15 is 0 Å². The van der Waals surface area contributed by atoms with Crippen LogP contribution < -0.4 is 0 Å². The van der Waals surface area contributed by atoms with E-state index in [2.05, 4.69) is 0 Å². The molecule has 0 unspecified atom stereocenters. The van der Waals surface area contributed by atoms with Gasteiger partial charge in [0, 0.05) is 0 Å². The Kier molecular flexibility index (Phi) is 2.16. The largest absolute Gasteiger partial charge is 0.393 e. The highest BCUT2D eigenvalue weighted by atomic mass is 16.3. The molecule has 0 heterocycles. The van der Waals surface area contributed by atoms with Crippen molar-refractivity contribution in [2.24, 2.45) is 10.8 Å². The second kappa shape index (κ2) is 3.21. The molecule has 3 rings (SSSR count). The van der Waals surface area contributed by atoms with Gasteiger partial charge in [-0.3, -0.25) is 0 Å². The summed E-state index contributed by atoms with van der Waals surface area (Å²) in [5, 5.41) is 19.9. The van der Waals surface area contributed by atoms with Crippen molar-refractivity contribution in [1.82, 2.24) is 0 Å². The molecule has 3 saturated carbocycles. The second-order valence-corrected chi connectivity index (χ2v) is 6.25. The van der Waals surface area contributed by atoms with Crippen LogP contribution in [0.3, 0.4) is 0 Å². The zero-order valence-corrected chi connectivity index (χ0v) is 9.41. The Balaban J connectivity index is 1.97. The maximum Gasteiger partial charge on any atom is 0.0551 e. The number of hydrogen-bond donors (Lipinski definition) is 2. The lowest BCUT2D eigenvalue weighted by Gasteiger charge is -2.39. The summed E-state index contributed by atoms with van der Waals surface area (Å²) in [6.45, 7) is 0. The summed E-state index contributed by atoms with van der Waals surface area (Å²) in [4.78, 5) is 0. The van der Waals surface area contributed by atoms with Crippen molar-refractivity contribution in [3.8, 4) is 0 Å². The molecule has 0 aromatic rings. The highest BCUT2D eigenvalue weighted by Crippen LogP contribution is 2.68. The van der Waals surface area contributed by atoms with Crippen molar-refractivity contribution in [3.05, 3.63) is 0 Å². The van der Waals surface area contributed by atoms with Crippen molar-refractivity contribution < 1.29 is 10.2 Å². The zero-order valence-electron chi connectivity index (χ0n) is 9.41. The topological polar surface area (TPSA) is 40.5 Å². The normalized spacial score (nSPS) is 54.8. The molecule has 2 heteroatoms. The molecule has 0 saturated heterocycles. The maximum atomic E-state index is 9.95. The standard InChI is InChI=1S/C13H22O2/c14-10-6-12-4-2-1-3-5-13(12,8-10)9-11(15)7-12/h10-11,14-15H,1-9H2. The van der Waals surface area contributed by atoms with Gasteiger partial charge in [0.15, 0.2) is 0 Å². The first-order valence-corrected chi connectivity index (χ1v) is 6.52. The number of aliphatic hydroxyl groups is 2. The van der Waals surface area contributed by atoms with Gasteiger partial charge in [0.25, 0.3) is 0 Å². The first kappa shape index (κ1) is 10.1. The minimum atomic E-state index is -0.0874. The average molecular weight is 210 g/mol. The molecule has 0 aliphatic heterocycles. The van der Waals surface area contributed by atoms with Crippen molar-refractivity contribution in [2.45, 2.75) is 70.0 Å². The van der Waals surface area contributed by atoms with E-state index in [0.717, 1.165) is 25.7 Å². The van der Waals surface area contributed by atoms with Crippen LogP contribution >= 0.6 is 0 Å². The minimum absolute atomic E-state index is 0.0874. The van der Waals surface area contributed by atoms with E-state index in [0.29, 0.717) is 10.8 Å². The summed E-state index contributed by atoms with van der Waals surface area (Å²) in [5.74, 6) is 0. The summed E-state index contributed by atoms with van der Waals surface area (Å²) in [7, 11) is 0. The molecular formula is C13H22O2. The monoisotopic (exact) mass is 210 g/mol. The van der Waals surface area contributed by atoms with Gasteiger partial charge in [-0.25, -0.2) is 0 Å². The molecule has 0 atom stereocenters. The molecular weight excluding hydrogens is 188 g/mol. The quantitative estimate of drug-likeness (QED) is 0.643. The van der Waals surface area contributed by atoms with E-state index < -0.39 is 0 Å². The van der Waals surface area contributed by atoms with Gasteiger partial charge in [0.05, 0.1) is 12.2 Å². The van der Waals surface area contributed by atoms with E-state index in [1.165, 1.54) is 32.1 Å². The molecule has 0 radical (unpaired) electrons. The molecule has 3 fully saturated rings. The number of hydrogen-bond acceptors (Lipinski definition) is 2. The lowest BCUT2D eigenvalue weighted by atomic mass is 9.65. The molecule has 86 valence electrons. The second-order valence-electron chi connectivity index (χ2n) is 6.25. The van der Waals surface area contributed by atoms with Crippen LogP contribution in [-0.2, 0) is 0 Å². The van der Waals surface area contributed by atoms with Gasteiger partial charge in [0.2, 0.25) is 0 Å². The molecule has 0 amide bonds. The van der Waals surface area contributed by atoms with Gasteiger partial charge in [-0.15, -0.1) is 0 Å². The lowest BCUT2D eigenvalue weighted by Crippen LogP contribution is -2.30. The molecule has 0 aromatic carbocycles. The third-order valence-corrected chi connectivity index (χ3v) is 5.44. The summed E-state index contributed by atoms with van der Waals surface area (Å²) >= 11 is 0. The number of rotatable bonds is 0. The Hall–Kier alpha value is -0.0800. The smallest absolute Gasteiger partial charge is 0.0551 e. The van der Waals surface area contributed by atoms with Crippen LogP contribution in [0.2, 0.25) is 0 Å². The predicted molar refractivity (Wildman–Crippen MR) is 58.4 cm³/mol. The summed E-state index contributed by atoms with van der Waals surface area (Å²) in [6, 6.07) is 0. The highest BCUT2D eigenvalue weighted by molar-refractivity contribution is 5.12. The molecule has 2 nitrogen and oxygen atoms in total. The van der Waals surface area contributed by atoms with Gasteiger partial charge in [-0.05, 0) is 49.4 Å². The average Bonchev–Trinajstić information content (AvgIpc) is 2.45. The summed E-state index contributed by atoms with van der Waals surface area (Å²) in [5.41, 5.74) is 0.616. The Bertz CT molecular complexity index is 223. The third-order valence-electron chi connectivity index (χ3n) is 5.44. The molecule has 0 spiro atoms. The van der Waals surface area contributed by atoms with Crippen molar-refractivity contribution in [2.75, 3.05) is 0 Å². The maximum absolute atomic E-state index is 9.95. The first-order chi connectivity index (χ1) is 7.16. The van der Waals surface area contributed by atoms with E-state index in [4.69, 9.17) is 0 Å². The molecule has 0 bridgehead atoms. The summed E-state index contributed by atoms with van der Waals surface area (Å²) < 4.78 is 0. The van der Waals surface area contributed by atoms with E-state index in [9.17, 15) is 10.2 Å². The molecule has 0 aromatic heterocycles. The van der Waals surface area contributed by atoms with Gasteiger partial charge in [0.1, 0.15) is 0 Å². The van der Waals surface area contributed by atoms with E-state index in [1.54, 1.807) is 0 Å².